The van der Waals surface area contributed by atoms with E-state index in [-0.39, 0.29) is 23.0 Å². The molecule has 6 nitrogen and oxygen atoms in total. The lowest BCUT2D eigenvalue weighted by Crippen LogP contribution is -2.28. The topological polar surface area (TPSA) is 76.1 Å². The maximum atomic E-state index is 12.2. The first-order chi connectivity index (χ1) is 9.94. The van der Waals surface area contributed by atoms with Gasteiger partial charge >= 0.3 is 12.4 Å². The van der Waals surface area contributed by atoms with Crippen molar-refractivity contribution in [3.8, 4) is 5.75 Å². The summed E-state index contributed by atoms with van der Waals surface area (Å²) in [5.74, 6) is -0.360. The molecule has 1 aromatic heterocycles. The number of rotatable bonds is 4. The summed E-state index contributed by atoms with van der Waals surface area (Å²) in [6, 6.07) is 4.95. The Labute approximate surface area is 121 Å². The molecule has 2 aromatic rings. The van der Waals surface area contributed by atoms with E-state index in [1.807, 2.05) is 0 Å². The van der Waals surface area contributed by atoms with Crippen LogP contribution in [0.3, 0.4) is 0 Å². The van der Waals surface area contributed by atoms with Crippen LogP contribution in [0.25, 0.3) is 0 Å². The zero-order valence-electron chi connectivity index (χ0n) is 10.3. The highest BCUT2D eigenvalue weighted by Crippen LogP contribution is 2.26. The Morgan fingerprint density at radius 2 is 2.10 bits per heavy atom. The Kier molecular flexibility index (Phi) is 4.58. The van der Waals surface area contributed by atoms with Gasteiger partial charge < -0.3 is 10.1 Å². The van der Waals surface area contributed by atoms with Gasteiger partial charge in [0.15, 0.2) is 0 Å². The van der Waals surface area contributed by atoms with Crippen LogP contribution in [-0.4, -0.2) is 22.6 Å². The minimum Gasteiger partial charge on any atom is -0.405 e. The van der Waals surface area contributed by atoms with Crippen molar-refractivity contribution in [1.82, 2.24) is 15.5 Å². The summed E-state index contributed by atoms with van der Waals surface area (Å²) in [4.78, 5) is 11.5. The minimum atomic E-state index is -4.79. The van der Waals surface area contributed by atoms with Gasteiger partial charge in [0.05, 0.1) is 0 Å². The molecule has 0 saturated carbocycles. The van der Waals surface area contributed by atoms with Crippen LogP contribution in [0.5, 0.6) is 5.75 Å². The van der Waals surface area contributed by atoms with Gasteiger partial charge in [0.2, 0.25) is 5.13 Å². The molecule has 0 bridgehead atoms. The Morgan fingerprint density at radius 3 is 2.76 bits per heavy atom. The molecule has 112 valence electrons. The van der Waals surface area contributed by atoms with E-state index in [0.29, 0.717) is 0 Å². The highest BCUT2D eigenvalue weighted by Gasteiger charge is 2.31. The first-order valence-electron chi connectivity index (χ1n) is 5.59. The Bertz CT molecular complexity index is 604. The predicted molar refractivity (Wildman–Crippen MR) is 68.9 cm³/mol. The molecule has 0 unspecified atom stereocenters. The molecule has 0 radical (unpaired) electrons. The van der Waals surface area contributed by atoms with E-state index >= 15 is 0 Å². The fourth-order valence-electron chi connectivity index (χ4n) is 1.42. The number of hydrogen-bond acceptors (Lipinski definition) is 5. The van der Waals surface area contributed by atoms with E-state index < -0.39 is 12.4 Å². The fourth-order valence-corrected chi connectivity index (χ4v) is 1.86. The summed E-state index contributed by atoms with van der Waals surface area (Å²) in [5.41, 5.74) is 1.63. The average molecular weight is 318 g/mol. The summed E-state index contributed by atoms with van der Waals surface area (Å²) in [6.07, 6.45) is -4.79. The lowest BCUT2D eigenvalue weighted by atomic mass is 10.2. The van der Waals surface area contributed by atoms with Crippen LogP contribution in [0.15, 0.2) is 29.8 Å². The number of nitrogens with zero attached hydrogens (tertiary/aromatic N) is 2. The van der Waals surface area contributed by atoms with Crippen LogP contribution in [0.2, 0.25) is 0 Å². The number of para-hydroxylation sites is 1. The number of urea groups is 1. The zero-order valence-corrected chi connectivity index (χ0v) is 11.2. The number of ether oxygens (including phenoxy) is 1. The number of aromatic nitrogens is 2. The molecule has 1 aromatic carbocycles. The van der Waals surface area contributed by atoms with Gasteiger partial charge in [0, 0.05) is 12.1 Å². The number of carbonyl (C=O) groups is 1. The van der Waals surface area contributed by atoms with Crippen molar-refractivity contribution in [2.45, 2.75) is 12.9 Å². The van der Waals surface area contributed by atoms with Crippen molar-refractivity contribution in [1.29, 1.82) is 0 Å². The SMILES string of the molecule is O=C(NCc1ccccc1OC(F)(F)F)Nc1nncs1. The maximum Gasteiger partial charge on any atom is 0.573 e. The molecule has 2 amide bonds. The molecule has 21 heavy (non-hydrogen) atoms. The fraction of sp³-hybridized carbons (Fsp3) is 0.182. The number of hydrogen-bond donors (Lipinski definition) is 2. The highest BCUT2D eigenvalue weighted by molar-refractivity contribution is 7.13. The number of carbonyl (C=O) groups excluding carboxylic acids is 1. The summed E-state index contributed by atoms with van der Waals surface area (Å²) >= 11 is 1.12. The lowest BCUT2D eigenvalue weighted by Gasteiger charge is -2.13. The molecule has 10 heteroatoms. The number of amides is 2. The quantitative estimate of drug-likeness (QED) is 0.909. The van der Waals surface area contributed by atoms with E-state index in [9.17, 15) is 18.0 Å². The van der Waals surface area contributed by atoms with Crippen LogP contribution >= 0.6 is 11.3 Å². The molecule has 0 aliphatic rings. The molecular formula is C11H9F3N4O2S. The molecule has 0 fully saturated rings. The molecule has 2 N–H and O–H groups in total. The molecule has 2 rings (SSSR count). The lowest BCUT2D eigenvalue weighted by molar-refractivity contribution is -0.274. The van der Waals surface area contributed by atoms with Gasteiger partial charge in [0.1, 0.15) is 11.3 Å². The first-order valence-corrected chi connectivity index (χ1v) is 6.47. The van der Waals surface area contributed by atoms with Crippen molar-refractivity contribution in [3.63, 3.8) is 0 Å². The van der Waals surface area contributed by atoms with Crippen LogP contribution in [-0.2, 0) is 6.54 Å². The number of halogens is 3. The monoisotopic (exact) mass is 318 g/mol. The summed E-state index contributed by atoms with van der Waals surface area (Å²) in [5, 5.41) is 12.2. The van der Waals surface area contributed by atoms with Gasteiger partial charge in [-0.3, -0.25) is 5.32 Å². The normalized spacial score (nSPS) is 11.0. The molecule has 0 aliphatic heterocycles. The van der Waals surface area contributed by atoms with Crippen molar-refractivity contribution >= 4 is 22.5 Å². The van der Waals surface area contributed by atoms with Crippen LogP contribution in [0, 0.1) is 0 Å². The summed E-state index contributed by atoms with van der Waals surface area (Å²) in [7, 11) is 0. The van der Waals surface area contributed by atoms with Gasteiger partial charge in [0.25, 0.3) is 0 Å². The third-order valence-corrected chi connectivity index (χ3v) is 2.82. The largest absolute Gasteiger partial charge is 0.573 e. The number of anilines is 1. The molecular weight excluding hydrogens is 309 g/mol. The number of nitrogens with one attached hydrogen (secondary N) is 2. The Balaban J connectivity index is 1.95. The number of benzene rings is 1. The molecule has 1 heterocycles. The standard InChI is InChI=1S/C11H9F3N4O2S/c12-11(13,14)20-8-4-2-1-3-7(8)5-15-9(19)17-10-18-16-6-21-10/h1-4,6H,5H2,(H2,15,17,18,19). The van der Waals surface area contributed by atoms with Gasteiger partial charge in [-0.15, -0.1) is 23.4 Å². The first kappa shape index (κ1) is 15.0. The van der Waals surface area contributed by atoms with Crippen molar-refractivity contribution in [2.24, 2.45) is 0 Å². The van der Waals surface area contributed by atoms with E-state index in [4.69, 9.17) is 0 Å². The smallest absolute Gasteiger partial charge is 0.405 e. The van der Waals surface area contributed by atoms with Crippen LogP contribution in [0.1, 0.15) is 5.56 Å². The second-order valence-electron chi connectivity index (χ2n) is 3.71. The van der Waals surface area contributed by atoms with Crippen LogP contribution < -0.4 is 15.4 Å². The second kappa shape index (κ2) is 6.39. The Hall–Kier alpha value is -2.36. The van der Waals surface area contributed by atoms with Crippen molar-refractivity contribution < 1.29 is 22.7 Å². The Morgan fingerprint density at radius 1 is 1.33 bits per heavy atom. The van der Waals surface area contributed by atoms with Crippen LogP contribution in [0.4, 0.5) is 23.1 Å². The molecule has 0 saturated heterocycles. The average Bonchev–Trinajstić information content (AvgIpc) is 2.89. The van der Waals surface area contributed by atoms with Gasteiger partial charge in [-0.1, -0.05) is 29.5 Å². The third-order valence-electron chi connectivity index (χ3n) is 2.22. The second-order valence-corrected chi connectivity index (χ2v) is 4.54. The highest BCUT2D eigenvalue weighted by atomic mass is 32.1. The predicted octanol–water partition coefficient (Wildman–Crippen LogP) is 2.76. The molecule has 0 spiro atoms. The van der Waals surface area contributed by atoms with Crippen molar-refractivity contribution in [2.75, 3.05) is 5.32 Å². The molecule has 0 atom stereocenters. The summed E-state index contributed by atoms with van der Waals surface area (Å²) in [6.45, 7) is -0.128. The number of alkyl halides is 3. The summed E-state index contributed by atoms with van der Waals surface area (Å²) < 4.78 is 40.6. The van der Waals surface area contributed by atoms with E-state index in [1.54, 1.807) is 6.07 Å². The maximum absolute atomic E-state index is 12.2. The van der Waals surface area contributed by atoms with E-state index in [0.717, 1.165) is 11.3 Å². The van der Waals surface area contributed by atoms with Gasteiger partial charge in [-0.25, -0.2) is 4.79 Å². The van der Waals surface area contributed by atoms with Gasteiger partial charge in [-0.2, -0.15) is 0 Å². The third kappa shape index (κ3) is 4.91. The van der Waals surface area contributed by atoms with E-state index in [1.165, 1.54) is 23.7 Å². The van der Waals surface area contributed by atoms with E-state index in [2.05, 4.69) is 25.6 Å². The molecule has 0 aliphatic carbocycles. The zero-order chi connectivity index (χ0) is 15.3. The minimum absolute atomic E-state index is 0.128. The van der Waals surface area contributed by atoms with Crippen molar-refractivity contribution in [3.05, 3.63) is 35.3 Å². The van der Waals surface area contributed by atoms with Gasteiger partial charge in [-0.05, 0) is 6.07 Å².